The molecule has 5 rings (SSSR count). The molecule has 0 radical (unpaired) electrons. The molecule has 2 aliphatic heterocycles. The summed E-state index contributed by atoms with van der Waals surface area (Å²) in [5.74, 6) is 2.04. The highest BCUT2D eigenvalue weighted by Gasteiger charge is 2.41. The summed E-state index contributed by atoms with van der Waals surface area (Å²) in [6.45, 7) is 1.94. The average molecular weight is 407 g/mol. The Morgan fingerprint density at radius 2 is 1.90 bits per heavy atom. The Balaban J connectivity index is 1.29. The van der Waals surface area contributed by atoms with Crippen LogP contribution in [0.3, 0.4) is 0 Å². The predicted molar refractivity (Wildman–Crippen MR) is 106 cm³/mol. The van der Waals surface area contributed by atoms with E-state index in [1.807, 2.05) is 9.47 Å². The molecule has 30 heavy (non-hydrogen) atoms. The topological polar surface area (TPSA) is 102 Å². The van der Waals surface area contributed by atoms with E-state index in [2.05, 4.69) is 15.5 Å². The number of nitrogens with zero attached hydrogens (tertiary/aromatic N) is 4. The number of anilines is 1. The predicted octanol–water partition coefficient (Wildman–Crippen LogP) is 2.08. The molecule has 0 spiro atoms. The number of nitrogens with one attached hydrogen (secondary N) is 1. The summed E-state index contributed by atoms with van der Waals surface area (Å²) >= 11 is 0. The Labute approximate surface area is 172 Å². The first-order valence-electron chi connectivity index (χ1n) is 9.81. The SMILES string of the molecule is COc1ccc(NC(=O)c2nnc3n2C[C@@H]2CN(C(=O)c4ccoc4)C[C@H]2C3)cc1. The lowest BCUT2D eigenvalue weighted by Crippen LogP contribution is -2.31. The molecule has 1 saturated heterocycles. The smallest absolute Gasteiger partial charge is 0.293 e. The minimum absolute atomic E-state index is 0.0219. The fraction of sp³-hybridized carbons (Fsp3) is 0.333. The largest absolute Gasteiger partial charge is 0.497 e. The van der Waals surface area contributed by atoms with Gasteiger partial charge in [0.1, 0.15) is 17.8 Å². The molecule has 2 aliphatic rings. The minimum Gasteiger partial charge on any atom is -0.497 e. The molecule has 0 unspecified atom stereocenters. The molecule has 2 atom stereocenters. The van der Waals surface area contributed by atoms with Crippen LogP contribution in [0.2, 0.25) is 0 Å². The van der Waals surface area contributed by atoms with Crippen LogP contribution >= 0.6 is 0 Å². The first-order valence-corrected chi connectivity index (χ1v) is 9.81. The van der Waals surface area contributed by atoms with Gasteiger partial charge in [-0.1, -0.05) is 0 Å². The van der Waals surface area contributed by atoms with E-state index in [4.69, 9.17) is 9.15 Å². The molecule has 3 aromatic rings. The van der Waals surface area contributed by atoms with Gasteiger partial charge in [0.2, 0.25) is 5.82 Å². The van der Waals surface area contributed by atoms with Gasteiger partial charge in [-0.2, -0.15) is 0 Å². The molecule has 154 valence electrons. The lowest BCUT2D eigenvalue weighted by molar-refractivity contribution is 0.0782. The van der Waals surface area contributed by atoms with Gasteiger partial charge in [0.05, 0.1) is 18.9 Å². The number of aromatic nitrogens is 3. The fourth-order valence-corrected chi connectivity index (χ4v) is 4.29. The summed E-state index contributed by atoms with van der Waals surface area (Å²) in [4.78, 5) is 27.3. The first kappa shape index (κ1) is 18.4. The summed E-state index contributed by atoms with van der Waals surface area (Å²) in [5, 5.41) is 11.2. The van der Waals surface area contributed by atoms with Gasteiger partial charge in [0.25, 0.3) is 11.8 Å². The quantitative estimate of drug-likeness (QED) is 0.710. The van der Waals surface area contributed by atoms with Crippen LogP contribution in [0.4, 0.5) is 5.69 Å². The van der Waals surface area contributed by atoms with Crippen molar-refractivity contribution < 1.29 is 18.7 Å². The molecule has 2 aromatic heterocycles. The third kappa shape index (κ3) is 3.22. The molecule has 0 saturated carbocycles. The van der Waals surface area contributed by atoms with Crippen molar-refractivity contribution >= 4 is 17.5 Å². The molecule has 9 heteroatoms. The van der Waals surface area contributed by atoms with Crippen LogP contribution in [-0.4, -0.2) is 51.7 Å². The maximum absolute atomic E-state index is 12.8. The van der Waals surface area contributed by atoms with Crippen LogP contribution in [-0.2, 0) is 13.0 Å². The highest BCUT2D eigenvalue weighted by atomic mass is 16.5. The van der Waals surface area contributed by atoms with Crippen LogP contribution < -0.4 is 10.1 Å². The number of carbonyl (C=O) groups excluding carboxylic acids is 2. The molecule has 9 nitrogen and oxygen atoms in total. The van der Waals surface area contributed by atoms with Crippen LogP contribution in [0.15, 0.2) is 47.3 Å². The number of furan rings is 1. The molecule has 1 fully saturated rings. The molecule has 2 amide bonds. The number of ether oxygens (including phenoxy) is 1. The minimum atomic E-state index is -0.304. The number of hydrogen-bond acceptors (Lipinski definition) is 6. The number of rotatable bonds is 4. The van der Waals surface area contributed by atoms with Crippen molar-refractivity contribution in [3.05, 3.63) is 60.1 Å². The van der Waals surface area contributed by atoms with Gasteiger partial charge >= 0.3 is 0 Å². The van der Waals surface area contributed by atoms with Gasteiger partial charge in [0, 0.05) is 31.7 Å². The maximum Gasteiger partial charge on any atom is 0.293 e. The van der Waals surface area contributed by atoms with E-state index < -0.39 is 0 Å². The summed E-state index contributed by atoms with van der Waals surface area (Å²) in [5.41, 5.74) is 1.22. The molecular weight excluding hydrogens is 386 g/mol. The summed E-state index contributed by atoms with van der Waals surface area (Å²) < 4.78 is 12.1. The average Bonchev–Trinajstić information content (AvgIpc) is 3.51. The van der Waals surface area contributed by atoms with Crippen LogP contribution in [0.5, 0.6) is 5.75 Å². The number of methoxy groups -OCH3 is 1. The third-order valence-corrected chi connectivity index (χ3v) is 5.87. The van der Waals surface area contributed by atoms with E-state index in [1.165, 1.54) is 12.5 Å². The zero-order chi connectivity index (χ0) is 20.7. The van der Waals surface area contributed by atoms with Gasteiger partial charge in [0.15, 0.2) is 0 Å². The number of likely N-dealkylation sites (tertiary alicyclic amines) is 1. The first-order chi connectivity index (χ1) is 14.6. The molecule has 1 aromatic carbocycles. The molecule has 0 bridgehead atoms. The van der Waals surface area contributed by atoms with Gasteiger partial charge < -0.3 is 23.9 Å². The Hall–Kier alpha value is -3.62. The number of benzene rings is 1. The second kappa shape index (κ2) is 7.33. The van der Waals surface area contributed by atoms with E-state index >= 15 is 0 Å². The van der Waals surface area contributed by atoms with E-state index in [1.54, 1.807) is 37.4 Å². The van der Waals surface area contributed by atoms with E-state index in [-0.39, 0.29) is 17.7 Å². The van der Waals surface area contributed by atoms with Crippen molar-refractivity contribution in [2.75, 3.05) is 25.5 Å². The Morgan fingerprint density at radius 3 is 2.63 bits per heavy atom. The molecular formula is C21H21N5O4. The standard InChI is InChI=1S/C21H21N5O4/c1-29-17-4-2-16(3-5-17)22-20(27)19-24-23-18-8-14-9-25(10-15(14)11-26(18)19)21(28)13-6-7-30-12-13/h2-7,12,14-15H,8-11H2,1H3,(H,22,27)/t14-,15+/m1/s1. The van der Waals surface area contributed by atoms with Gasteiger partial charge in [-0.15, -0.1) is 10.2 Å². The zero-order valence-electron chi connectivity index (χ0n) is 16.4. The lowest BCUT2D eigenvalue weighted by Gasteiger charge is -2.25. The highest BCUT2D eigenvalue weighted by molar-refractivity contribution is 6.01. The Kier molecular flexibility index (Phi) is 4.50. The van der Waals surface area contributed by atoms with Gasteiger partial charge in [-0.05, 0) is 42.2 Å². The monoisotopic (exact) mass is 407 g/mol. The Morgan fingerprint density at radius 1 is 1.10 bits per heavy atom. The second-order valence-electron chi connectivity index (χ2n) is 7.68. The molecule has 1 N–H and O–H groups in total. The van der Waals surface area contributed by atoms with Crippen molar-refractivity contribution in [3.8, 4) is 5.75 Å². The summed E-state index contributed by atoms with van der Waals surface area (Å²) in [7, 11) is 1.59. The van der Waals surface area contributed by atoms with Crippen molar-refractivity contribution in [2.45, 2.75) is 13.0 Å². The summed E-state index contributed by atoms with van der Waals surface area (Å²) in [6, 6.07) is 8.79. The third-order valence-electron chi connectivity index (χ3n) is 5.87. The number of hydrogen-bond donors (Lipinski definition) is 1. The van der Waals surface area contributed by atoms with E-state index in [0.717, 1.165) is 11.6 Å². The van der Waals surface area contributed by atoms with Crippen molar-refractivity contribution in [3.63, 3.8) is 0 Å². The van der Waals surface area contributed by atoms with Crippen LogP contribution in [0.1, 0.15) is 26.8 Å². The zero-order valence-corrected chi connectivity index (χ0v) is 16.4. The van der Waals surface area contributed by atoms with Crippen LogP contribution in [0.25, 0.3) is 0 Å². The molecule has 0 aliphatic carbocycles. The van der Waals surface area contributed by atoms with E-state index in [0.29, 0.717) is 49.0 Å². The Bertz CT molecular complexity index is 1070. The number of amides is 2. The van der Waals surface area contributed by atoms with Crippen molar-refractivity contribution in [2.24, 2.45) is 11.8 Å². The van der Waals surface area contributed by atoms with Crippen molar-refractivity contribution in [1.29, 1.82) is 0 Å². The van der Waals surface area contributed by atoms with E-state index in [9.17, 15) is 9.59 Å². The van der Waals surface area contributed by atoms with Crippen LogP contribution in [0, 0.1) is 11.8 Å². The summed E-state index contributed by atoms with van der Waals surface area (Å²) in [6.07, 6.45) is 3.68. The van der Waals surface area contributed by atoms with Gasteiger partial charge in [-0.3, -0.25) is 9.59 Å². The van der Waals surface area contributed by atoms with Gasteiger partial charge in [-0.25, -0.2) is 0 Å². The second-order valence-corrected chi connectivity index (χ2v) is 7.68. The number of fused-ring (bicyclic) bond motifs is 2. The fourth-order valence-electron chi connectivity index (χ4n) is 4.29. The molecule has 4 heterocycles. The highest BCUT2D eigenvalue weighted by Crippen LogP contribution is 2.33. The normalized spacial score (nSPS) is 19.8. The lowest BCUT2D eigenvalue weighted by atomic mass is 9.89. The number of carbonyl (C=O) groups is 2. The maximum atomic E-state index is 12.8. The van der Waals surface area contributed by atoms with Crippen molar-refractivity contribution in [1.82, 2.24) is 19.7 Å².